The zero-order valence-corrected chi connectivity index (χ0v) is 12.1. The van der Waals surface area contributed by atoms with Crippen LogP contribution in [-0.2, 0) is 24.3 Å². The van der Waals surface area contributed by atoms with Crippen LogP contribution in [0.4, 0.5) is 0 Å². The molecule has 22 heavy (non-hydrogen) atoms. The largest absolute Gasteiger partial charge is 0.393 e. The fourth-order valence-corrected chi connectivity index (χ4v) is 2.54. The molecule has 2 N–H and O–H groups in total. The minimum atomic E-state index is -0.973. The lowest BCUT2D eigenvalue weighted by atomic mass is 10.1. The van der Waals surface area contributed by atoms with E-state index >= 15 is 0 Å². The molecule has 0 saturated heterocycles. The van der Waals surface area contributed by atoms with Crippen LogP contribution in [0.15, 0.2) is 30.6 Å². The maximum Gasteiger partial charge on any atom is 0.227 e. The maximum atomic E-state index is 12.4. The van der Waals surface area contributed by atoms with Crippen molar-refractivity contribution in [3.8, 4) is 0 Å². The Hall–Kier alpha value is -2.25. The Bertz CT molecular complexity index is 656. The van der Waals surface area contributed by atoms with Crippen LogP contribution in [0.1, 0.15) is 23.1 Å². The molecule has 0 aliphatic carbocycles. The molecule has 0 fully saturated rings. The third-order valence-electron chi connectivity index (χ3n) is 3.79. The Labute approximate surface area is 127 Å². The summed E-state index contributed by atoms with van der Waals surface area (Å²) in [5.41, 5.74) is 2.26. The van der Waals surface area contributed by atoms with Crippen LogP contribution in [0.2, 0.25) is 0 Å². The van der Waals surface area contributed by atoms with Crippen molar-refractivity contribution in [2.24, 2.45) is 0 Å². The van der Waals surface area contributed by atoms with Crippen LogP contribution < -0.4 is 0 Å². The van der Waals surface area contributed by atoms with Gasteiger partial charge in [-0.3, -0.25) is 14.5 Å². The van der Waals surface area contributed by atoms with Crippen LogP contribution in [-0.4, -0.2) is 48.9 Å². The second-order valence-electron chi connectivity index (χ2n) is 5.33. The number of fused-ring (bicyclic) bond motifs is 1. The number of pyridine rings is 1. The zero-order chi connectivity index (χ0) is 15.5. The summed E-state index contributed by atoms with van der Waals surface area (Å²) in [4.78, 5) is 18.1. The number of hydrogen-bond acceptors (Lipinski definition) is 5. The highest BCUT2D eigenvalue weighted by Gasteiger charge is 2.23. The van der Waals surface area contributed by atoms with E-state index in [0.29, 0.717) is 31.7 Å². The van der Waals surface area contributed by atoms with Gasteiger partial charge < -0.3 is 15.1 Å². The summed E-state index contributed by atoms with van der Waals surface area (Å²) in [7, 11) is 0. The summed E-state index contributed by atoms with van der Waals surface area (Å²) >= 11 is 0. The predicted octanol–water partition coefficient (Wildman–Crippen LogP) is -0.111. The number of hydrogen-bond donors (Lipinski definition) is 2. The summed E-state index contributed by atoms with van der Waals surface area (Å²) in [6.07, 6.45) is 2.73. The molecule has 1 atom stereocenters. The molecule has 1 aliphatic heterocycles. The highest BCUT2D eigenvalue weighted by atomic mass is 16.3. The van der Waals surface area contributed by atoms with Crippen molar-refractivity contribution >= 4 is 5.91 Å². The summed E-state index contributed by atoms with van der Waals surface area (Å²) < 4.78 is 1.78. The van der Waals surface area contributed by atoms with Gasteiger partial charge in [-0.25, -0.2) is 0 Å². The van der Waals surface area contributed by atoms with Crippen molar-refractivity contribution in [1.29, 1.82) is 0 Å². The lowest BCUT2D eigenvalue weighted by Gasteiger charge is -2.27. The first-order valence-electron chi connectivity index (χ1n) is 7.19. The number of amides is 1. The molecule has 0 radical (unpaired) electrons. The molecule has 0 bridgehead atoms. The fraction of sp³-hybridized carbons (Fsp3) is 0.400. The molecule has 2 aromatic rings. The van der Waals surface area contributed by atoms with E-state index in [1.54, 1.807) is 28.0 Å². The van der Waals surface area contributed by atoms with Crippen LogP contribution in [0.25, 0.3) is 0 Å². The van der Waals surface area contributed by atoms with Gasteiger partial charge in [0.1, 0.15) is 6.10 Å². The molecular formula is C15H18N4O3. The number of aliphatic hydroxyl groups excluding tert-OH is 2. The molecule has 7 heteroatoms. The van der Waals surface area contributed by atoms with E-state index in [0.717, 1.165) is 11.3 Å². The Morgan fingerprint density at radius 3 is 2.82 bits per heavy atom. The normalized spacial score (nSPS) is 15.5. The van der Waals surface area contributed by atoms with Crippen LogP contribution in [0.5, 0.6) is 0 Å². The second kappa shape index (κ2) is 6.25. The van der Waals surface area contributed by atoms with Gasteiger partial charge in [0.15, 0.2) is 0 Å². The number of aromatic nitrogens is 3. The van der Waals surface area contributed by atoms with Crippen molar-refractivity contribution in [2.45, 2.75) is 25.6 Å². The predicted molar refractivity (Wildman–Crippen MR) is 77.6 cm³/mol. The molecule has 3 rings (SSSR count). The lowest BCUT2D eigenvalue weighted by molar-refractivity contribution is -0.132. The van der Waals surface area contributed by atoms with E-state index in [4.69, 9.17) is 5.11 Å². The van der Waals surface area contributed by atoms with Gasteiger partial charge in [-0.2, -0.15) is 5.10 Å². The highest BCUT2D eigenvalue weighted by Crippen LogP contribution is 2.18. The van der Waals surface area contributed by atoms with E-state index in [1.165, 1.54) is 0 Å². The van der Waals surface area contributed by atoms with E-state index in [-0.39, 0.29) is 12.5 Å². The van der Waals surface area contributed by atoms with E-state index in [9.17, 15) is 9.90 Å². The molecule has 7 nitrogen and oxygen atoms in total. The van der Waals surface area contributed by atoms with Crippen molar-refractivity contribution in [3.05, 3.63) is 47.5 Å². The number of carbonyl (C=O) groups excluding carboxylic acids is 1. The SMILES string of the molecule is O=C(Cc1ccncc1)N1CCn2nc([C@H](O)CO)cc2C1. The summed E-state index contributed by atoms with van der Waals surface area (Å²) in [5, 5.41) is 22.9. The van der Waals surface area contributed by atoms with E-state index in [1.807, 2.05) is 12.1 Å². The van der Waals surface area contributed by atoms with Gasteiger partial charge in [-0.15, -0.1) is 0 Å². The third-order valence-corrected chi connectivity index (χ3v) is 3.79. The average Bonchev–Trinajstić information content (AvgIpc) is 2.98. The molecule has 0 saturated carbocycles. The first-order chi connectivity index (χ1) is 10.7. The zero-order valence-electron chi connectivity index (χ0n) is 12.1. The summed E-state index contributed by atoms with van der Waals surface area (Å²) in [5.74, 6) is 0.0582. The van der Waals surface area contributed by atoms with Crippen LogP contribution in [0.3, 0.4) is 0 Å². The molecule has 1 aliphatic rings. The Morgan fingerprint density at radius 1 is 1.32 bits per heavy atom. The third kappa shape index (κ3) is 3.00. The van der Waals surface area contributed by atoms with Crippen molar-refractivity contribution in [2.75, 3.05) is 13.2 Å². The minimum absolute atomic E-state index is 0.0582. The molecule has 0 unspecified atom stereocenters. The van der Waals surface area contributed by atoms with Crippen molar-refractivity contribution < 1.29 is 15.0 Å². The topological polar surface area (TPSA) is 91.5 Å². The van der Waals surface area contributed by atoms with Crippen LogP contribution in [0, 0.1) is 0 Å². The fourth-order valence-electron chi connectivity index (χ4n) is 2.54. The Morgan fingerprint density at radius 2 is 2.09 bits per heavy atom. The van der Waals surface area contributed by atoms with Crippen molar-refractivity contribution in [3.63, 3.8) is 0 Å². The Balaban J connectivity index is 1.68. The quantitative estimate of drug-likeness (QED) is 0.822. The summed E-state index contributed by atoms with van der Waals surface area (Å²) in [6, 6.07) is 5.41. The molecular weight excluding hydrogens is 284 g/mol. The first-order valence-corrected chi connectivity index (χ1v) is 7.19. The van der Waals surface area contributed by atoms with E-state index < -0.39 is 6.10 Å². The molecule has 116 valence electrons. The summed E-state index contributed by atoms with van der Waals surface area (Å²) in [6.45, 7) is 1.29. The van der Waals surface area contributed by atoms with Gasteiger partial charge in [0.05, 0.1) is 37.5 Å². The Kier molecular flexibility index (Phi) is 4.17. The van der Waals surface area contributed by atoms with Crippen molar-refractivity contribution in [1.82, 2.24) is 19.7 Å². The average molecular weight is 302 g/mol. The molecule has 1 amide bonds. The van der Waals surface area contributed by atoms with Gasteiger partial charge in [0.2, 0.25) is 5.91 Å². The number of rotatable bonds is 4. The minimum Gasteiger partial charge on any atom is -0.393 e. The van der Waals surface area contributed by atoms with Crippen LogP contribution >= 0.6 is 0 Å². The molecule has 0 spiro atoms. The number of nitrogens with zero attached hydrogens (tertiary/aromatic N) is 4. The van der Waals surface area contributed by atoms with Gasteiger partial charge in [0, 0.05) is 18.9 Å². The first kappa shape index (κ1) is 14.7. The van der Waals surface area contributed by atoms with Gasteiger partial charge in [0.25, 0.3) is 0 Å². The second-order valence-corrected chi connectivity index (χ2v) is 5.33. The highest BCUT2D eigenvalue weighted by molar-refractivity contribution is 5.78. The molecule has 2 aromatic heterocycles. The molecule has 0 aromatic carbocycles. The number of aliphatic hydroxyl groups is 2. The number of carbonyl (C=O) groups is 1. The van der Waals surface area contributed by atoms with Gasteiger partial charge >= 0.3 is 0 Å². The van der Waals surface area contributed by atoms with E-state index in [2.05, 4.69) is 10.1 Å². The van der Waals surface area contributed by atoms with Gasteiger partial charge in [-0.05, 0) is 23.8 Å². The smallest absolute Gasteiger partial charge is 0.227 e. The maximum absolute atomic E-state index is 12.4. The molecule has 3 heterocycles. The monoisotopic (exact) mass is 302 g/mol. The lowest BCUT2D eigenvalue weighted by Crippen LogP contribution is -2.39. The standard InChI is InChI=1S/C15H18N4O3/c20-10-14(21)13-8-12-9-18(5-6-19(12)17-13)15(22)7-11-1-3-16-4-2-11/h1-4,8,14,20-21H,5-7,9-10H2/t14-/m1/s1. The van der Waals surface area contributed by atoms with Gasteiger partial charge in [-0.1, -0.05) is 0 Å².